The first-order valence-corrected chi connectivity index (χ1v) is 9.58. The Morgan fingerprint density at radius 1 is 1.15 bits per heavy atom. The van der Waals surface area contributed by atoms with Crippen molar-refractivity contribution in [2.24, 2.45) is 0 Å². The molecule has 2 aromatic carbocycles. The molecule has 134 valence electrons. The Balaban J connectivity index is 1.57. The molecule has 6 heteroatoms. The van der Waals surface area contributed by atoms with Crippen molar-refractivity contribution in [3.05, 3.63) is 76.5 Å². The minimum atomic E-state index is -0.284. The number of carbonyl (C=O) groups is 1. The van der Waals surface area contributed by atoms with Gasteiger partial charge in [0.1, 0.15) is 10.6 Å². The highest BCUT2D eigenvalue weighted by molar-refractivity contribution is 7.20. The fourth-order valence-electron chi connectivity index (χ4n) is 3.59. The van der Waals surface area contributed by atoms with E-state index in [0.717, 1.165) is 33.7 Å². The third-order valence-corrected chi connectivity index (χ3v) is 6.06. The van der Waals surface area contributed by atoms with Gasteiger partial charge in [-0.1, -0.05) is 18.2 Å². The molecule has 1 aliphatic rings. The van der Waals surface area contributed by atoms with Crippen molar-refractivity contribution < 1.29 is 9.18 Å². The van der Waals surface area contributed by atoms with Crippen LogP contribution in [0.5, 0.6) is 0 Å². The van der Waals surface area contributed by atoms with Crippen LogP contribution in [0.4, 0.5) is 10.1 Å². The van der Waals surface area contributed by atoms with Crippen LogP contribution in [0.2, 0.25) is 0 Å². The zero-order valence-electron chi connectivity index (χ0n) is 14.6. The van der Waals surface area contributed by atoms with Crippen LogP contribution in [0, 0.1) is 12.7 Å². The molecule has 5 rings (SSSR count). The Bertz CT molecular complexity index is 1180. The number of para-hydroxylation sites is 1. The Hall–Kier alpha value is -2.99. The average molecular weight is 377 g/mol. The molecule has 4 nitrogen and oxygen atoms in total. The predicted octanol–water partition coefficient (Wildman–Crippen LogP) is 4.74. The van der Waals surface area contributed by atoms with Gasteiger partial charge in [-0.3, -0.25) is 4.79 Å². The number of benzene rings is 2. The molecule has 4 aromatic rings. The summed E-state index contributed by atoms with van der Waals surface area (Å²) in [4.78, 5) is 16.6. The van der Waals surface area contributed by atoms with Crippen LogP contribution in [0.3, 0.4) is 0 Å². The molecule has 0 unspecified atom stereocenters. The van der Waals surface area contributed by atoms with Crippen molar-refractivity contribution in [1.82, 2.24) is 9.78 Å². The van der Waals surface area contributed by atoms with E-state index in [1.807, 2.05) is 36.1 Å². The third kappa shape index (κ3) is 2.56. The number of rotatable bonds is 2. The number of aryl methyl sites for hydroxylation is 1. The SMILES string of the molecule is Cc1nn(-c2ccc(F)cc2)c2sc(C(=O)N3CCc4ccccc43)cc12. The molecule has 2 aromatic heterocycles. The summed E-state index contributed by atoms with van der Waals surface area (Å²) in [6.07, 6.45) is 0.884. The summed E-state index contributed by atoms with van der Waals surface area (Å²) in [6, 6.07) is 16.2. The summed E-state index contributed by atoms with van der Waals surface area (Å²) >= 11 is 1.43. The maximum absolute atomic E-state index is 13.2. The number of carbonyl (C=O) groups excluding carboxylic acids is 1. The van der Waals surface area contributed by atoms with Gasteiger partial charge >= 0.3 is 0 Å². The van der Waals surface area contributed by atoms with Gasteiger partial charge in [0.05, 0.1) is 16.3 Å². The molecular weight excluding hydrogens is 361 g/mol. The maximum Gasteiger partial charge on any atom is 0.268 e. The van der Waals surface area contributed by atoms with Crippen molar-refractivity contribution in [2.45, 2.75) is 13.3 Å². The molecule has 1 aliphatic heterocycles. The highest BCUT2D eigenvalue weighted by Gasteiger charge is 2.27. The number of hydrogen-bond acceptors (Lipinski definition) is 3. The second kappa shape index (κ2) is 6.03. The molecule has 0 saturated heterocycles. The molecule has 0 fully saturated rings. The minimum Gasteiger partial charge on any atom is -0.307 e. The lowest BCUT2D eigenvalue weighted by atomic mass is 10.2. The number of thiophene rings is 1. The van der Waals surface area contributed by atoms with E-state index in [9.17, 15) is 9.18 Å². The summed E-state index contributed by atoms with van der Waals surface area (Å²) in [5, 5.41) is 5.52. The van der Waals surface area contributed by atoms with Crippen molar-refractivity contribution >= 4 is 33.1 Å². The summed E-state index contributed by atoms with van der Waals surface area (Å²) in [5.41, 5.74) is 3.84. The topological polar surface area (TPSA) is 38.1 Å². The summed E-state index contributed by atoms with van der Waals surface area (Å²) in [6.45, 7) is 2.63. The van der Waals surface area contributed by atoms with Crippen LogP contribution in [-0.4, -0.2) is 22.2 Å². The van der Waals surface area contributed by atoms with Crippen molar-refractivity contribution in [1.29, 1.82) is 0 Å². The smallest absolute Gasteiger partial charge is 0.268 e. The fourth-order valence-corrected chi connectivity index (χ4v) is 4.72. The number of anilines is 1. The minimum absolute atomic E-state index is 0.0196. The van der Waals surface area contributed by atoms with Crippen molar-refractivity contribution in [3.8, 4) is 5.69 Å². The first-order valence-electron chi connectivity index (χ1n) is 8.77. The van der Waals surface area contributed by atoms with Gasteiger partial charge in [-0.2, -0.15) is 5.10 Å². The lowest BCUT2D eigenvalue weighted by molar-refractivity contribution is 0.0993. The normalized spacial score (nSPS) is 13.3. The van der Waals surface area contributed by atoms with Gasteiger partial charge in [0.15, 0.2) is 0 Å². The molecule has 0 radical (unpaired) electrons. The van der Waals surface area contributed by atoms with Gasteiger partial charge in [0, 0.05) is 17.6 Å². The molecule has 0 bridgehead atoms. The number of amides is 1. The Labute approximate surface area is 159 Å². The van der Waals surface area contributed by atoms with Gasteiger partial charge in [-0.15, -0.1) is 11.3 Å². The molecule has 3 heterocycles. The second-order valence-electron chi connectivity index (χ2n) is 6.64. The van der Waals surface area contributed by atoms with Gasteiger partial charge in [-0.25, -0.2) is 9.07 Å². The molecule has 1 amide bonds. The number of nitrogens with zero attached hydrogens (tertiary/aromatic N) is 3. The zero-order chi connectivity index (χ0) is 18.5. The van der Waals surface area contributed by atoms with E-state index >= 15 is 0 Å². The quantitative estimate of drug-likeness (QED) is 0.506. The van der Waals surface area contributed by atoms with Gasteiger partial charge in [0.25, 0.3) is 5.91 Å². The molecule has 0 aliphatic carbocycles. The summed E-state index contributed by atoms with van der Waals surface area (Å²) in [5.74, 6) is -0.264. The predicted molar refractivity (Wildman–Crippen MR) is 105 cm³/mol. The van der Waals surface area contributed by atoms with E-state index in [1.165, 1.54) is 29.0 Å². The standard InChI is InChI=1S/C21H16FN3OS/c1-13-17-12-19(20(26)24-11-10-14-4-2-3-5-18(14)24)27-21(17)25(23-13)16-8-6-15(22)7-9-16/h2-9,12H,10-11H2,1H3. The highest BCUT2D eigenvalue weighted by Crippen LogP contribution is 2.34. The van der Waals surface area contributed by atoms with Crippen molar-refractivity contribution in [2.75, 3.05) is 11.4 Å². The van der Waals surface area contributed by atoms with E-state index in [0.29, 0.717) is 11.4 Å². The molecule has 27 heavy (non-hydrogen) atoms. The van der Waals surface area contributed by atoms with Crippen LogP contribution in [0.25, 0.3) is 15.9 Å². The number of halogens is 1. The molecule has 0 N–H and O–H groups in total. The number of fused-ring (bicyclic) bond motifs is 2. The first-order chi connectivity index (χ1) is 13.1. The van der Waals surface area contributed by atoms with Gasteiger partial charge in [0.2, 0.25) is 0 Å². The second-order valence-corrected chi connectivity index (χ2v) is 7.67. The monoisotopic (exact) mass is 377 g/mol. The maximum atomic E-state index is 13.2. The van der Waals surface area contributed by atoms with E-state index in [1.54, 1.807) is 16.8 Å². The Kier molecular flexibility index (Phi) is 3.62. The van der Waals surface area contributed by atoms with Crippen LogP contribution in [0.15, 0.2) is 54.6 Å². The lowest BCUT2D eigenvalue weighted by Crippen LogP contribution is -2.28. The fraction of sp³-hybridized carbons (Fsp3) is 0.143. The van der Waals surface area contributed by atoms with Crippen LogP contribution >= 0.6 is 11.3 Å². The molecule has 0 saturated carbocycles. The van der Waals surface area contributed by atoms with E-state index in [2.05, 4.69) is 11.2 Å². The first kappa shape index (κ1) is 16.2. The average Bonchev–Trinajstić information content (AvgIpc) is 3.37. The van der Waals surface area contributed by atoms with Gasteiger partial charge < -0.3 is 4.90 Å². The molecule has 0 atom stereocenters. The number of aromatic nitrogens is 2. The largest absolute Gasteiger partial charge is 0.307 e. The molecule has 0 spiro atoms. The Morgan fingerprint density at radius 3 is 2.74 bits per heavy atom. The lowest BCUT2D eigenvalue weighted by Gasteiger charge is -2.16. The highest BCUT2D eigenvalue weighted by atomic mass is 32.1. The van der Waals surface area contributed by atoms with Crippen LogP contribution < -0.4 is 4.90 Å². The van der Waals surface area contributed by atoms with E-state index < -0.39 is 0 Å². The van der Waals surface area contributed by atoms with Crippen LogP contribution in [0.1, 0.15) is 20.9 Å². The number of hydrogen-bond donors (Lipinski definition) is 0. The van der Waals surface area contributed by atoms with Crippen LogP contribution in [-0.2, 0) is 6.42 Å². The van der Waals surface area contributed by atoms with E-state index in [4.69, 9.17) is 0 Å². The zero-order valence-corrected chi connectivity index (χ0v) is 15.5. The van der Waals surface area contributed by atoms with Crippen molar-refractivity contribution in [3.63, 3.8) is 0 Å². The summed E-state index contributed by atoms with van der Waals surface area (Å²) < 4.78 is 15.0. The van der Waals surface area contributed by atoms with Gasteiger partial charge in [-0.05, 0) is 55.3 Å². The Morgan fingerprint density at radius 2 is 1.93 bits per heavy atom. The third-order valence-electron chi connectivity index (χ3n) is 4.96. The molecular formula is C21H16FN3OS. The summed E-state index contributed by atoms with van der Waals surface area (Å²) in [7, 11) is 0. The van der Waals surface area contributed by atoms with E-state index in [-0.39, 0.29) is 11.7 Å².